The zero-order valence-electron chi connectivity index (χ0n) is 15.0. The Labute approximate surface area is 157 Å². The number of hydrogen-bond acceptors (Lipinski definition) is 5. The largest absolute Gasteiger partial charge is 0.507 e. The summed E-state index contributed by atoms with van der Waals surface area (Å²) in [6, 6.07) is 14.9. The van der Waals surface area contributed by atoms with E-state index in [1.807, 2.05) is 13.0 Å². The van der Waals surface area contributed by atoms with Crippen molar-refractivity contribution in [1.29, 1.82) is 0 Å². The van der Waals surface area contributed by atoms with E-state index in [1.165, 1.54) is 4.90 Å². The maximum atomic E-state index is 12.6. The minimum Gasteiger partial charge on any atom is -0.507 e. The summed E-state index contributed by atoms with van der Waals surface area (Å²) in [7, 11) is 0. The summed E-state index contributed by atoms with van der Waals surface area (Å²) in [4.78, 5) is 26.4. The summed E-state index contributed by atoms with van der Waals surface area (Å²) in [5.74, 6) is -1.09. The predicted molar refractivity (Wildman–Crippen MR) is 100 cm³/mol. The van der Waals surface area contributed by atoms with Crippen molar-refractivity contribution >= 4 is 17.4 Å². The molecule has 140 valence electrons. The Balaban J connectivity index is 2.10. The van der Waals surface area contributed by atoms with Gasteiger partial charge in [0.2, 0.25) is 0 Å². The van der Waals surface area contributed by atoms with Crippen LogP contribution in [0.5, 0.6) is 5.75 Å². The highest BCUT2D eigenvalue weighted by Crippen LogP contribution is 2.39. The molecule has 6 heteroatoms. The Hall–Kier alpha value is -3.12. The van der Waals surface area contributed by atoms with E-state index in [9.17, 15) is 19.8 Å². The van der Waals surface area contributed by atoms with Crippen LogP contribution in [0, 0.1) is 0 Å². The number of carbonyl (C=O) groups is 2. The van der Waals surface area contributed by atoms with Gasteiger partial charge in [-0.05, 0) is 36.8 Å². The van der Waals surface area contributed by atoms with Crippen molar-refractivity contribution in [1.82, 2.24) is 4.90 Å². The van der Waals surface area contributed by atoms with Gasteiger partial charge in [0.15, 0.2) is 0 Å². The number of aliphatic hydroxyl groups excluding tert-OH is 2. The molecule has 1 heterocycles. The van der Waals surface area contributed by atoms with Crippen LogP contribution in [-0.4, -0.2) is 46.6 Å². The van der Waals surface area contributed by atoms with E-state index in [1.54, 1.807) is 48.5 Å². The van der Waals surface area contributed by atoms with E-state index in [-0.39, 0.29) is 24.5 Å². The van der Waals surface area contributed by atoms with Gasteiger partial charge < -0.3 is 19.8 Å². The number of amides is 1. The molecule has 3 rings (SSSR count). The molecule has 0 saturated carbocycles. The van der Waals surface area contributed by atoms with Crippen molar-refractivity contribution in [3.63, 3.8) is 0 Å². The molecule has 1 saturated heterocycles. The molecule has 0 aliphatic carbocycles. The molecule has 0 spiro atoms. The Morgan fingerprint density at radius 1 is 1.07 bits per heavy atom. The highest BCUT2D eigenvalue weighted by Gasteiger charge is 2.45. The molecule has 1 amide bonds. The van der Waals surface area contributed by atoms with E-state index in [2.05, 4.69) is 0 Å². The highest BCUT2D eigenvalue weighted by molar-refractivity contribution is 6.46. The molecule has 2 aromatic carbocycles. The zero-order valence-corrected chi connectivity index (χ0v) is 15.0. The number of ketones is 1. The second-order valence-electron chi connectivity index (χ2n) is 6.08. The predicted octanol–water partition coefficient (Wildman–Crippen LogP) is 2.50. The van der Waals surface area contributed by atoms with E-state index in [0.29, 0.717) is 23.5 Å². The van der Waals surface area contributed by atoms with E-state index in [0.717, 1.165) is 0 Å². The fraction of sp³-hybridized carbons (Fsp3) is 0.238. The number of carbonyl (C=O) groups excluding carboxylic acids is 2. The Morgan fingerprint density at radius 2 is 1.74 bits per heavy atom. The zero-order chi connectivity index (χ0) is 19.4. The molecular weight excluding hydrogens is 346 g/mol. The number of benzene rings is 2. The first-order chi connectivity index (χ1) is 13.1. The number of rotatable bonds is 6. The third kappa shape index (κ3) is 3.57. The van der Waals surface area contributed by atoms with Gasteiger partial charge in [-0.3, -0.25) is 9.59 Å². The number of likely N-dealkylation sites (tertiary alicyclic amines) is 1. The fourth-order valence-electron chi connectivity index (χ4n) is 3.23. The van der Waals surface area contributed by atoms with Crippen LogP contribution in [0.3, 0.4) is 0 Å². The molecule has 0 radical (unpaired) electrons. The van der Waals surface area contributed by atoms with Gasteiger partial charge in [0.05, 0.1) is 24.8 Å². The lowest BCUT2D eigenvalue weighted by Gasteiger charge is -2.24. The van der Waals surface area contributed by atoms with Crippen LogP contribution in [0.25, 0.3) is 5.76 Å². The van der Waals surface area contributed by atoms with Crippen molar-refractivity contribution < 1.29 is 24.5 Å². The monoisotopic (exact) mass is 367 g/mol. The molecule has 27 heavy (non-hydrogen) atoms. The van der Waals surface area contributed by atoms with Gasteiger partial charge in [0.1, 0.15) is 11.5 Å². The Kier molecular flexibility index (Phi) is 5.57. The molecular formula is C21H21NO5. The van der Waals surface area contributed by atoms with Crippen LogP contribution >= 0.6 is 0 Å². The van der Waals surface area contributed by atoms with Crippen molar-refractivity contribution in [2.75, 3.05) is 19.8 Å². The first-order valence-corrected chi connectivity index (χ1v) is 8.76. The summed E-state index contributed by atoms with van der Waals surface area (Å²) in [6.07, 6.45) is 0. The van der Waals surface area contributed by atoms with Crippen molar-refractivity contribution in [3.8, 4) is 5.75 Å². The standard InChI is InChI=1S/C21H21NO5/c1-2-27-16-10-8-15(9-11-16)19(24)17-18(14-6-4-3-5-7-14)22(12-13-23)21(26)20(17)25/h3-11,18,23-24H,2,12-13H2,1H3/b19-17-. The maximum Gasteiger partial charge on any atom is 0.295 e. The molecule has 0 aromatic heterocycles. The summed E-state index contributed by atoms with van der Waals surface area (Å²) >= 11 is 0. The molecule has 1 unspecified atom stereocenters. The number of nitrogens with zero attached hydrogens (tertiary/aromatic N) is 1. The summed E-state index contributed by atoms with van der Waals surface area (Å²) in [5, 5.41) is 20.1. The van der Waals surface area contributed by atoms with Crippen LogP contribution < -0.4 is 4.74 Å². The minimum absolute atomic E-state index is 0.00416. The summed E-state index contributed by atoms with van der Waals surface area (Å²) in [6.45, 7) is 2.12. The lowest BCUT2D eigenvalue weighted by atomic mass is 9.95. The lowest BCUT2D eigenvalue weighted by Crippen LogP contribution is -2.32. The second-order valence-corrected chi connectivity index (χ2v) is 6.08. The molecule has 1 atom stereocenters. The second kappa shape index (κ2) is 8.05. The molecule has 2 N–H and O–H groups in total. The van der Waals surface area contributed by atoms with Gasteiger partial charge >= 0.3 is 0 Å². The van der Waals surface area contributed by atoms with Gasteiger partial charge in [0.25, 0.3) is 11.7 Å². The number of ether oxygens (including phenoxy) is 1. The first-order valence-electron chi connectivity index (χ1n) is 8.76. The molecule has 1 aliphatic rings. The van der Waals surface area contributed by atoms with Crippen LogP contribution in [0.2, 0.25) is 0 Å². The molecule has 0 bridgehead atoms. The van der Waals surface area contributed by atoms with Crippen LogP contribution in [-0.2, 0) is 9.59 Å². The minimum atomic E-state index is -0.760. The number of aliphatic hydroxyl groups is 2. The number of β-amino-alcohol motifs (C(OH)–C–C–N with tert-alkyl or cyclic N) is 1. The van der Waals surface area contributed by atoms with Crippen molar-refractivity contribution in [2.45, 2.75) is 13.0 Å². The average molecular weight is 367 g/mol. The van der Waals surface area contributed by atoms with Gasteiger partial charge in [0, 0.05) is 12.1 Å². The number of hydrogen-bond donors (Lipinski definition) is 2. The quantitative estimate of drug-likeness (QED) is 0.465. The Morgan fingerprint density at radius 3 is 2.33 bits per heavy atom. The maximum absolute atomic E-state index is 12.6. The van der Waals surface area contributed by atoms with Gasteiger partial charge in [-0.15, -0.1) is 0 Å². The van der Waals surface area contributed by atoms with Crippen LogP contribution in [0.15, 0.2) is 60.2 Å². The SMILES string of the molecule is CCOc1ccc(/C(O)=C2/C(=O)C(=O)N(CCO)C2c2ccccc2)cc1. The first kappa shape index (κ1) is 18.7. The smallest absolute Gasteiger partial charge is 0.295 e. The highest BCUT2D eigenvalue weighted by atomic mass is 16.5. The summed E-state index contributed by atoms with van der Waals surface area (Å²) in [5.41, 5.74) is 1.13. The lowest BCUT2D eigenvalue weighted by molar-refractivity contribution is -0.140. The fourth-order valence-corrected chi connectivity index (χ4v) is 3.23. The normalized spacial score (nSPS) is 18.7. The summed E-state index contributed by atoms with van der Waals surface area (Å²) < 4.78 is 5.39. The van der Waals surface area contributed by atoms with Gasteiger partial charge in [-0.25, -0.2) is 0 Å². The molecule has 1 fully saturated rings. The van der Waals surface area contributed by atoms with E-state index < -0.39 is 17.7 Å². The van der Waals surface area contributed by atoms with E-state index in [4.69, 9.17) is 4.74 Å². The number of Topliss-reactive ketones (excluding diaryl/α,β-unsaturated/α-hetero) is 1. The van der Waals surface area contributed by atoms with Crippen molar-refractivity contribution in [2.24, 2.45) is 0 Å². The van der Waals surface area contributed by atoms with Gasteiger partial charge in [-0.1, -0.05) is 30.3 Å². The van der Waals surface area contributed by atoms with Crippen LogP contribution in [0.1, 0.15) is 24.1 Å². The topological polar surface area (TPSA) is 87.1 Å². The molecule has 1 aliphatic heterocycles. The van der Waals surface area contributed by atoms with Gasteiger partial charge in [-0.2, -0.15) is 0 Å². The van der Waals surface area contributed by atoms with Crippen LogP contribution in [0.4, 0.5) is 0 Å². The third-order valence-electron chi connectivity index (χ3n) is 4.43. The van der Waals surface area contributed by atoms with Crippen molar-refractivity contribution in [3.05, 3.63) is 71.3 Å². The third-order valence-corrected chi connectivity index (χ3v) is 4.43. The average Bonchev–Trinajstić information content (AvgIpc) is 2.94. The molecule has 2 aromatic rings. The molecule has 6 nitrogen and oxygen atoms in total. The van der Waals surface area contributed by atoms with E-state index >= 15 is 0 Å². The Bertz CT molecular complexity index is 858.